The molecular formula is CH3BCuF3. The molecule has 0 aliphatic rings. The molecule has 0 nitrogen and oxygen atoms in total. The smallest absolute Gasteiger partial charge is 0.358 e. The molecular weight excluding hydrogens is 143 g/mol. The molecule has 0 N–H and O–H groups in total. The molecule has 0 aromatic carbocycles. The van der Waals surface area contributed by atoms with Crippen LogP contribution < -0.4 is 0 Å². The van der Waals surface area contributed by atoms with Gasteiger partial charge in [0.05, 0.1) is 0 Å². The second kappa shape index (κ2) is 9.03. The maximum Gasteiger partial charge on any atom is 1.00 e. The van der Waals surface area contributed by atoms with Crippen LogP contribution in [0.5, 0.6) is 0 Å². The fourth-order valence-electron chi connectivity index (χ4n) is 0. The first-order valence-electron chi connectivity index (χ1n) is 0.655. The summed E-state index contributed by atoms with van der Waals surface area (Å²) in [6.07, 6.45) is 0. The molecule has 0 aromatic heterocycles. The van der Waals surface area contributed by atoms with Crippen molar-refractivity contribution in [3.05, 3.63) is 7.43 Å². The molecule has 0 radical (unpaired) electrons. The van der Waals surface area contributed by atoms with E-state index in [1.807, 2.05) is 0 Å². The molecule has 0 rings (SSSR count). The van der Waals surface area contributed by atoms with E-state index in [4.69, 9.17) is 0 Å². The minimum Gasteiger partial charge on any atom is -0.358 e. The van der Waals surface area contributed by atoms with Crippen molar-refractivity contribution in [1.29, 1.82) is 0 Å². The Morgan fingerprint density at radius 2 is 1.00 bits per heavy atom. The standard InChI is InChI=1S/CH3.BF3.Cu/c;2-1(3)4;/h1H3;;/q-1;;+1. The predicted molar refractivity (Wildman–Crippen MR) is 15.5 cm³/mol. The third kappa shape index (κ3) is 355. The van der Waals surface area contributed by atoms with Crippen molar-refractivity contribution in [1.82, 2.24) is 0 Å². The fourth-order valence-corrected chi connectivity index (χ4v) is 0. The van der Waals surface area contributed by atoms with Crippen LogP contribution in [0.1, 0.15) is 0 Å². The zero-order valence-electron chi connectivity index (χ0n) is 3.01. The van der Waals surface area contributed by atoms with Gasteiger partial charge < -0.3 is 7.43 Å². The van der Waals surface area contributed by atoms with E-state index >= 15 is 0 Å². The van der Waals surface area contributed by atoms with E-state index in [0.717, 1.165) is 0 Å². The second-order valence-corrected chi connectivity index (χ2v) is 0.247. The molecule has 0 fully saturated rings. The first kappa shape index (κ1) is 16.2. The summed E-state index contributed by atoms with van der Waals surface area (Å²) < 4.78 is 29.0. The van der Waals surface area contributed by atoms with E-state index in [0.29, 0.717) is 0 Å². The second-order valence-electron chi connectivity index (χ2n) is 0.247. The topological polar surface area (TPSA) is 0 Å². The van der Waals surface area contributed by atoms with Gasteiger partial charge >= 0.3 is 24.6 Å². The third-order valence-electron chi connectivity index (χ3n) is 0. The van der Waals surface area contributed by atoms with Gasteiger partial charge in [-0.25, -0.2) is 0 Å². The van der Waals surface area contributed by atoms with Crippen LogP contribution in [0.15, 0.2) is 0 Å². The molecule has 0 aliphatic carbocycles. The SMILES string of the molecule is FB(F)F.[CH3-].[Cu+]. The predicted octanol–water partition coefficient (Wildman–Crippen LogP) is 1.33. The van der Waals surface area contributed by atoms with Crippen molar-refractivity contribution in [3.63, 3.8) is 0 Å². The zero-order valence-corrected chi connectivity index (χ0v) is 3.95. The number of rotatable bonds is 0. The average Bonchev–Trinajstić information content (AvgIpc) is 0.811. The largest absolute Gasteiger partial charge is 1.00 e. The molecule has 6 heavy (non-hydrogen) atoms. The Balaban J connectivity index is -0.0000000450. The Kier molecular flexibility index (Phi) is 24.3. The molecule has 0 aromatic rings. The molecule has 0 bridgehead atoms. The van der Waals surface area contributed by atoms with Gasteiger partial charge in [-0.05, 0) is 0 Å². The quantitative estimate of drug-likeness (QED) is 0.357. The molecule has 0 spiro atoms. The third-order valence-corrected chi connectivity index (χ3v) is 0. The van der Waals surface area contributed by atoms with E-state index in [-0.39, 0.29) is 24.5 Å². The summed E-state index contributed by atoms with van der Waals surface area (Å²) in [6.45, 7) is 0. The van der Waals surface area contributed by atoms with Crippen LogP contribution >= 0.6 is 0 Å². The molecule has 0 saturated carbocycles. The average molecular weight is 146 g/mol. The number of hydrogen-bond acceptors (Lipinski definition) is 0. The summed E-state index contributed by atoms with van der Waals surface area (Å²) in [4.78, 5) is 0. The number of halogens is 3. The summed E-state index contributed by atoms with van der Waals surface area (Å²) in [5.74, 6) is 0. The normalized spacial score (nSPS) is 4.50. The monoisotopic (exact) mass is 146 g/mol. The first-order chi connectivity index (χ1) is 1.73. The van der Waals surface area contributed by atoms with Crippen LogP contribution in [-0.2, 0) is 17.1 Å². The van der Waals surface area contributed by atoms with E-state index in [9.17, 15) is 12.9 Å². The van der Waals surface area contributed by atoms with Crippen LogP contribution in [0.2, 0.25) is 0 Å². The Bertz CT molecular complexity index is 15.5. The fraction of sp³-hybridized carbons (Fsp3) is 0. The van der Waals surface area contributed by atoms with Crippen LogP contribution in [0.3, 0.4) is 0 Å². The maximum absolute atomic E-state index is 9.67. The van der Waals surface area contributed by atoms with E-state index in [2.05, 4.69) is 0 Å². The molecule has 0 unspecified atom stereocenters. The van der Waals surface area contributed by atoms with Crippen molar-refractivity contribution >= 4 is 7.54 Å². The zero-order chi connectivity index (χ0) is 3.58. The van der Waals surface area contributed by atoms with Gasteiger partial charge in [0, 0.05) is 0 Å². The summed E-state index contributed by atoms with van der Waals surface area (Å²) in [6, 6.07) is 0. The van der Waals surface area contributed by atoms with Crippen molar-refractivity contribution in [2.75, 3.05) is 0 Å². The van der Waals surface area contributed by atoms with Crippen LogP contribution in [0.25, 0.3) is 0 Å². The Morgan fingerprint density at radius 3 is 1.00 bits per heavy atom. The van der Waals surface area contributed by atoms with Gasteiger partial charge in [0.1, 0.15) is 0 Å². The van der Waals surface area contributed by atoms with Gasteiger partial charge in [0.2, 0.25) is 0 Å². The Labute approximate surface area is 45.8 Å². The summed E-state index contributed by atoms with van der Waals surface area (Å²) >= 11 is 0. The van der Waals surface area contributed by atoms with Gasteiger partial charge in [-0.1, -0.05) is 0 Å². The van der Waals surface area contributed by atoms with Gasteiger partial charge in [-0.2, -0.15) is 0 Å². The molecule has 0 atom stereocenters. The minimum absolute atomic E-state index is 0. The van der Waals surface area contributed by atoms with Gasteiger partial charge in [0.25, 0.3) is 0 Å². The maximum atomic E-state index is 9.67. The van der Waals surface area contributed by atoms with Crippen molar-refractivity contribution < 1.29 is 30.0 Å². The Hall–Kier alpha value is 0.374. The molecule has 0 amide bonds. The van der Waals surface area contributed by atoms with Gasteiger partial charge in [-0.15, -0.1) is 0 Å². The Morgan fingerprint density at radius 1 is 1.00 bits per heavy atom. The van der Waals surface area contributed by atoms with Crippen molar-refractivity contribution in [3.8, 4) is 0 Å². The van der Waals surface area contributed by atoms with E-state index in [1.54, 1.807) is 0 Å². The van der Waals surface area contributed by atoms with E-state index < -0.39 is 7.54 Å². The van der Waals surface area contributed by atoms with Crippen LogP contribution in [0.4, 0.5) is 12.9 Å². The summed E-state index contributed by atoms with van der Waals surface area (Å²) in [7, 11) is -3.67. The molecule has 5 heteroatoms. The van der Waals surface area contributed by atoms with Crippen LogP contribution in [-0.4, -0.2) is 7.54 Å². The van der Waals surface area contributed by atoms with E-state index in [1.165, 1.54) is 0 Å². The summed E-state index contributed by atoms with van der Waals surface area (Å²) in [5.41, 5.74) is 0. The minimum atomic E-state index is -3.67. The van der Waals surface area contributed by atoms with Gasteiger partial charge in [0.15, 0.2) is 0 Å². The molecule has 0 heterocycles. The first-order valence-corrected chi connectivity index (χ1v) is 0.655. The summed E-state index contributed by atoms with van der Waals surface area (Å²) in [5, 5.41) is 0. The number of hydrogen-bond donors (Lipinski definition) is 0. The molecule has 0 aliphatic heterocycles. The van der Waals surface area contributed by atoms with Gasteiger partial charge in [-0.3, -0.25) is 12.9 Å². The van der Waals surface area contributed by atoms with Crippen LogP contribution in [0, 0.1) is 7.43 Å². The van der Waals surface area contributed by atoms with Crippen molar-refractivity contribution in [2.45, 2.75) is 0 Å². The molecule has 42 valence electrons. The molecule has 0 saturated heterocycles. The van der Waals surface area contributed by atoms with Crippen molar-refractivity contribution in [2.24, 2.45) is 0 Å².